The molecule has 1 saturated heterocycles. The summed E-state index contributed by atoms with van der Waals surface area (Å²) in [5.74, 6) is 0.435. The first-order valence-electron chi connectivity index (χ1n) is 5.02. The fourth-order valence-electron chi connectivity index (χ4n) is 1.75. The molecule has 1 aliphatic rings. The van der Waals surface area contributed by atoms with E-state index in [4.69, 9.17) is 5.73 Å². The number of carbonyl (C=O) groups is 1. The van der Waals surface area contributed by atoms with Crippen molar-refractivity contribution in [2.75, 3.05) is 13.1 Å². The Labute approximate surface area is 88.1 Å². The third kappa shape index (κ3) is 2.15. The second kappa shape index (κ2) is 3.98. The summed E-state index contributed by atoms with van der Waals surface area (Å²) in [5.41, 5.74) is 5.85. The van der Waals surface area contributed by atoms with Crippen LogP contribution in [0.3, 0.4) is 0 Å². The van der Waals surface area contributed by atoms with E-state index in [1.54, 1.807) is 4.90 Å². The van der Waals surface area contributed by atoms with Crippen molar-refractivity contribution in [2.24, 2.45) is 11.7 Å². The van der Waals surface area contributed by atoms with Gasteiger partial charge in [0.15, 0.2) is 0 Å². The molecule has 1 aromatic heterocycles. The SMILES string of the molecule is CC1CN(C(=O)Cn2cncn2)CC1N. The normalized spacial score (nSPS) is 25.9. The summed E-state index contributed by atoms with van der Waals surface area (Å²) in [6.45, 7) is 3.70. The van der Waals surface area contributed by atoms with E-state index >= 15 is 0 Å². The summed E-state index contributed by atoms with van der Waals surface area (Å²) in [7, 11) is 0. The maximum absolute atomic E-state index is 11.8. The molecule has 1 aliphatic heterocycles. The minimum absolute atomic E-state index is 0.0558. The van der Waals surface area contributed by atoms with Crippen molar-refractivity contribution in [3.63, 3.8) is 0 Å². The average molecular weight is 209 g/mol. The molecule has 6 heteroatoms. The maximum Gasteiger partial charge on any atom is 0.244 e. The number of rotatable bonds is 2. The van der Waals surface area contributed by atoms with E-state index in [0.717, 1.165) is 6.54 Å². The molecule has 1 aromatic rings. The molecule has 2 atom stereocenters. The topological polar surface area (TPSA) is 77.0 Å². The van der Waals surface area contributed by atoms with Crippen LogP contribution in [0.1, 0.15) is 6.92 Å². The van der Waals surface area contributed by atoms with Crippen LogP contribution in [0.4, 0.5) is 0 Å². The first-order valence-corrected chi connectivity index (χ1v) is 5.02. The van der Waals surface area contributed by atoms with E-state index in [1.165, 1.54) is 17.3 Å². The molecule has 82 valence electrons. The molecule has 2 rings (SSSR count). The van der Waals surface area contributed by atoms with Crippen molar-refractivity contribution in [3.8, 4) is 0 Å². The van der Waals surface area contributed by atoms with Gasteiger partial charge in [-0.2, -0.15) is 5.10 Å². The monoisotopic (exact) mass is 209 g/mol. The molecule has 0 saturated carbocycles. The highest BCUT2D eigenvalue weighted by atomic mass is 16.2. The number of carbonyl (C=O) groups excluding carboxylic acids is 1. The zero-order valence-corrected chi connectivity index (χ0v) is 8.71. The van der Waals surface area contributed by atoms with Gasteiger partial charge in [-0.25, -0.2) is 9.67 Å². The van der Waals surface area contributed by atoms with E-state index < -0.39 is 0 Å². The largest absolute Gasteiger partial charge is 0.339 e. The molecule has 15 heavy (non-hydrogen) atoms. The van der Waals surface area contributed by atoms with Crippen molar-refractivity contribution in [2.45, 2.75) is 19.5 Å². The number of hydrogen-bond donors (Lipinski definition) is 1. The first-order chi connectivity index (χ1) is 7.16. The third-order valence-electron chi connectivity index (χ3n) is 2.79. The van der Waals surface area contributed by atoms with Gasteiger partial charge in [-0.3, -0.25) is 4.79 Å². The van der Waals surface area contributed by atoms with Gasteiger partial charge in [-0.05, 0) is 5.92 Å². The first kappa shape index (κ1) is 10.1. The number of amides is 1. The van der Waals surface area contributed by atoms with Gasteiger partial charge in [0.05, 0.1) is 0 Å². The number of likely N-dealkylation sites (tertiary alicyclic amines) is 1. The highest BCUT2D eigenvalue weighted by molar-refractivity contribution is 5.76. The van der Waals surface area contributed by atoms with Crippen molar-refractivity contribution in [1.29, 1.82) is 0 Å². The Kier molecular flexibility index (Phi) is 2.68. The summed E-state index contributed by atoms with van der Waals surface area (Å²) < 4.78 is 1.52. The van der Waals surface area contributed by atoms with E-state index in [0.29, 0.717) is 12.5 Å². The lowest BCUT2D eigenvalue weighted by atomic mass is 10.1. The molecule has 0 spiro atoms. The molecule has 6 nitrogen and oxygen atoms in total. The Bertz CT molecular complexity index is 326. The zero-order valence-electron chi connectivity index (χ0n) is 8.71. The molecule has 0 aromatic carbocycles. The van der Waals surface area contributed by atoms with Crippen LogP contribution in [0.15, 0.2) is 12.7 Å². The minimum atomic E-state index is 0.0558. The van der Waals surface area contributed by atoms with Crippen LogP contribution in [0.25, 0.3) is 0 Å². The molecule has 0 bridgehead atoms. The number of aromatic nitrogens is 3. The molecule has 1 amide bonds. The van der Waals surface area contributed by atoms with Crippen LogP contribution in [-0.4, -0.2) is 44.7 Å². The number of hydrogen-bond acceptors (Lipinski definition) is 4. The Balaban J connectivity index is 1.92. The smallest absolute Gasteiger partial charge is 0.244 e. The second-order valence-electron chi connectivity index (χ2n) is 4.03. The molecular weight excluding hydrogens is 194 g/mol. The summed E-state index contributed by atoms with van der Waals surface area (Å²) in [6, 6.07) is 0.102. The van der Waals surface area contributed by atoms with Crippen LogP contribution < -0.4 is 5.73 Å². The van der Waals surface area contributed by atoms with Gasteiger partial charge in [-0.15, -0.1) is 0 Å². The number of nitrogens with zero attached hydrogens (tertiary/aromatic N) is 4. The average Bonchev–Trinajstić information content (AvgIpc) is 2.78. The van der Waals surface area contributed by atoms with Crippen LogP contribution in [0.2, 0.25) is 0 Å². The van der Waals surface area contributed by atoms with Crippen LogP contribution in [-0.2, 0) is 11.3 Å². The molecule has 0 radical (unpaired) electrons. The summed E-state index contributed by atoms with van der Waals surface area (Å²) in [6.07, 6.45) is 2.96. The highest BCUT2D eigenvalue weighted by Gasteiger charge is 2.29. The molecule has 2 heterocycles. The predicted octanol–water partition coefficient (Wildman–Crippen LogP) is -0.916. The van der Waals surface area contributed by atoms with Crippen molar-refractivity contribution in [3.05, 3.63) is 12.7 Å². The van der Waals surface area contributed by atoms with Crippen molar-refractivity contribution < 1.29 is 4.79 Å². The zero-order chi connectivity index (χ0) is 10.8. The highest BCUT2D eigenvalue weighted by Crippen LogP contribution is 2.14. The van der Waals surface area contributed by atoms with Gasteiger partial charge in [0.2, 0.25) is 5.91 Å². The number of nitrogens with two attached hydrogens (primary N) is 1. The van der Waals surface area contributed by atoms with Gasteiger partial charge < -0.3 is 10.6 Å². The fraction of sp³-hybridized carbons (Fsp3) is 0.667. The quantitative estimate of drug-likeness (QED) is 0.683. The molecule has 0 aliphatic carbocycles. The van der Waals surface area contributed by atoms with Crippen LogP contribution in [0, 0.1) is 5.92 Å². The van der Waals surface area contributed by atoms with Gasteiger partial charge >= 0.3 is 0 Å². The molecule has 2 unspecified atom stereocenters. The van der Waals surface area contributed by atoms with Gasteiger partial charge in [-0.1, -0.05) is 6.92 Å². The summed E-state index contributed by atoms with van der Waals surface area (Å²) in [5, 5.41) is 3.89. The lowest BCUT2D eigenvalue weighted by Gasteiger charge is -2.15. The van der Waals surface area contributed by atoms with Crippen LogP contribution in [0.5, 0.6) is 0 Å². The Morgan fingerprint density at radius 3 is 2.93 bits per heavy atom. The van der Waals surface area contributed by atoms with Gasteiger partial charge in [0, 0.05) is 19.1 Å². The van der Waals surface area contributed by atoms with E-state index in [1.807, 2.05) is 0 Å². The predicted molar refractivity (Wildman–Crippen MR) is 53.7 cm³/mol. The maximum atomic E-state index is 11.8. The summed E-state index contributed by atoms with van der Waals surface area (Å²) in [4.78, 5) is 17.4. The minimum Gasteiger partial charge on any atom is -0.339 e. The standard InChI is InChI=1S/C9H15N5O/c1-7-2-13(3-8(7)10)9(15)4-14-6-11-5-12-14/h5-8H,2-4,10H2,1H3. The third-order valence-corrected chi connectivity index (χ3v) is 2.79. The lowest BCUT2D eigenvalue weighted by molar-refractivity contribution is -0.131. The molecular formula is C9H15N5O. The van der Waals surface area contributed by atoms with Crippen molar-refractivity contribution >= 4 is 5.91 Å². The van der Waals surface area contributed by atoms with Crippen molar-refractivity contribution in [1.82, 2.24) is 19.7 Å². The fourth-order valence-corrected chi connectivity index (χ4v) is 1.75. The van der Waals surface area contributed by atoms with Gasteiger partial charge in [0.25, 0.3) is 0 Å². The second-order valence-corrected chi connectivity index (χ2v) is 4.03. The molecule has 1 fully saturated rings. The van der Waals surface area contributed by atoms with E-state index in [-0.39, 0.29) is 18.5 Å². The molecule has 2 N–H and O–H groups in total. The van der Waals surface area contributed by atoms with E-state index in [9.17, 15) is 4.79 Å². The Morgan fingerprint density at radius 1 is 1.60 bits per heavy atom. The summed E-state index contributed by atoms with van der Waals surface area (Å²) >= 11 is 0. The van der Waals surface area contributed by atoms with E-state index in [2.05, 4.69) is 17.0 Å². The van der Waals surface area contributed by atoms with Crippen LogP contribution >= 0.6 is 0 Å². The Morgan fingerprint density at radius 2 is 2.40 bits per heavy atom. The Hall–Kier alpha value is -1.43. The lowest BCUT2D eigenvalue weighted by Crippen LogP contribution is -2.34. The van der Waals surface area contributed by atoms with Gasteiger partial charge in [0.1, 0.15) is 19.2 Å².